The molecule has 0 aliphatic heterocycles. The van der Waals surface area contributed by atoms with Crippen LogP contribution in [0.4, 0.5) is 0 Å². The van der Waals surface area contributed by atoms with E-state index in [0.717, 1.165) is 48.2 Å². The van der Waals surface area contributed by atoms with Gasteiger partial charge >= 0.3 is 0 Å². The van der Waals surface area contributed by atoms with Gasteiger partial charge in [0.15, 0.2) is 0 Å². The predicted molar refractivity (Wildman–Crippen MR) is 124 cm³/mol. The topological polar surface area (TPSA) is 9.23 Å². The van der Waals surface area contributed by atoms with Crippen molar-refractivity contribution < 1.29 is 4.74 Å². The van der Waals surface area contributed by atoms with Gasteiger partial charge in [0.1, 0.15) is 0 Å². The Morgan fingerprint density at radius 1 is 1.00 bits per heavy atom. The van der Waals surface area contributed by atoms with E-state index in [1.54, 1.807) is 16.7 Å². The first kappa shape index (κ1) is 21.0. The Morgan fingerprint density at radius 2 is 1.79 bits per heavy atom. The van der Waals surface area contributed by atoms with E-state index in [9.17, 15) is 0 Å². The van der Waals surface area contributed by atoms with Crippen molar-refractivity contribution in [3.8, 4) is 0 Å². The summed E-state index contributed by atoms with van der Waals surface area (Å²) < 4.78 is 5.53. The van der Waals surface area contributed by atoms with Gasteiger partial charge in [-0.05, 0) is 95.4 Å². The number of ether oxygens (including phenoxy) is 1. The van der Waals surface area contributed by atoms with Gasteiger partial charge in [0, 0.05) is 6.42 Å². The van der Waals surface area contributed by atoms with Crippen LogP contribution in [0.3, 0.4) is 0 Å². The maximum atomic E-state index is 5.53. The normalized spacial score (nSPS) is 30.2. The molecule has 5 atom stereocenters. The Hall–Kier alpha value is -1.24. The molecule has 29 heavy (non-hydrogen) atoms. The smallest absolute Gasteiger partial charge is 0.0964 e. The third kappa shape index (κ3) is 3.68. The molecule has 1 aromatic carbocycles. The SMILES string of the molecule is COC1=Cc2ccc3c(c2CC1)CC[C@@]1(C)[C@@H]([C@H](C)CC[C@H](C)C(C)C)CC[C@@H]31. The Balaban J connectivity index is 1.55. The van der Waals surface area contributed by atoms with E-state index < -0.39 is 0 Å². The third-order valence-corrected chi connectivity index (χ3v) is 9.30. The van der Waals surface area contributed by atoms with E-state index in [-0.39, 0.29) is 0 Å². The van der Waals surface area contributed by atoms with E-state index in [1.807, 2.05) is 7.11 Å². The molecule has 3 aliphatic carbocycles. The predicted octanol–water partition coefficient (Wildman–Crippen LogP) is 7.77. The summed E-state index contributed by atoms with van der Waals surface area (Å²) in [5, 5.41) is 0. The molecule has 0 bridgehead atoms. The quantitative estimate of drug-likeness (QED) is 0.479. The highest BCUT2D eigenvalue weighted by Gasteiger charge is 2.51. The summed E-state index contributed by atoms with van der Waals surface area (Å²) in [7, 11) is 1.81. The molecule has 0 N–H and O–H groups in total. The Bertz CT molecular complexity index is 773. The van der Waals surface area contributed by atoms with Crippen LogP contribution in [0.15, 0.2) is 17.9 Å². The highest BCUT2D eigenvalue weighted by atomic mass is 16.5. The van der Waals surface area contributed by atoms with Gasteiger partial charge in [-0.3, -0.25) is 0 Å². The molecule has 4 rings (SSSR count). The zero-order valence-corrected chi connectivity index (χ0v) is 19.7. The van der Waals surface area contributed by atoms with Gasteiger partial charge in [-0.25, -0.2) is 0 Å². The van der Waals surface area contributed by atoms with Crippen LogP contribution in [0.1, 0.15) is 101 Å². The van der Waals surface area contributed by atoms with Crippen LogP contribution < -0.4 is 0 Å². The van der Waals surface area contributed by atoms with Crippen molar-refractivity contribution in [2.24, 2.45) is 29.1 Å². The largest absolute Gasteiger partial charge is 0.501 e. The molecule has 1 saturated carbocycles. The second-order valence-corrected chi connectivity index (χ2v) is 11.0. The zero-order chi connectivity index (χ0) is 20.8. The lowest BCUT2D eigenvalue weighted by atomic mass is 9.60. The highest BCUT2D eigenvalue weighted by Crippen LogP contribution is 2.61. The molecule has 1 fully saturated rings. The number of hydrogen-bond donors (Lipinski definition) is 0. The van der Waals surface area contributed by atoms with Crippen molar-refractivity contribution >= 4 is 6.08 Å². The number of methoxy groups -OCH3 is 1. The number of hydrogen-bond acceptors (Lipinski definition) is 1. The number of allylic oxidation sites excluding steroid dienone is 1. The van der Waals surface area contributed by atoms with Gasteiger partial charge in [0.25, 0.3) is 0 Å². The zero-order valence-electron chi connectivity index (χ0n) is 19.7. The first-order valence-corrected chi connectivity index (χ1v) is 12.2. The molecular formula is C28H42O. The van der Waals surface area contributed by atoms with Gasteiger partial charge < -0.3 is 4.74 Å². The minimum atomic E-state index is 0.504. The van der Waals surface area contributed by atoms with Crippen molar-refractivity contribution in [1.29, 1.82) is 0 Å². The number of benzene rings is 1. The van der Waals surface area contributed by atoms with Crippen LogP contribution >= 0.6 is 0 Å². The van der Waals surface area contributed by atoms with Crippen LogP contribution in [0.2, 0.25) is 0 Å². The Morgan fingerprint density at radius 3 is 2.52 bits per heavy atom. The lowest BCUT2D eigenvalue weighted by molar-refractivity contribution is 0.115. The minimum Gasteiger partial charge on any atom is -0.501 e. The van der Waals surface area contributed by atoms with Gasteiger partial charge in [-0.15, -0.1) is 0 Å². The molecule has 0 saturated heterocycles. The van der Waals surface area contributed by atoms with E-state index in [4.69, 9.17) is 4.74 Å². The maximum Gasteiger partial charge on any atom is 0.0964 e. The van der Waals surface area contributed by atoms with Crippen LogP contribution in [-0.4, -0.2) is 7.11 Å². The molecule has 0 spiro atoms. The third-order valence-electron chi connectivity index (χ3n) is 9.30. The van der Waals surface area contributed by atoms with Crippen molar-refractivity contribution in [2.75, 3.05) is 7.11 Å². The fraction of sp³-hybridized carbons (Fsp3) is 0.714. The van der Waals surface area contributed by atoms with Crippen LogP contribution in [0.5, 0.6) is 0 Å². The average molecular weight is 395 g/mol. The molecule has 1 heteroatoms. The number of fused-ring (bicyclic) bond motifs is 5. The molecule has 0 unspecified atom stereocenters. The molecular weight excluding hydrogens is 352 g/mol. The van der Waals surface area contributed by atoms with Crippen LogP contribution in [-0.2, 0) is 17.6 Å². The monoisotopic (exact) mass is 394 g/mol. The van der Waals surface area contributed by atoms with Gasteiger partial charge in [0.2, 0.25) is 0 Å². The fourth-order valence-electron chi connectivity index (χ4n) is 6.96. The molecule has 3 aliphatic rings. The van der Waals surface area contributed by atoms with Gasteiger partial charge in [-0.1, -0.05) is 59.6 Å². The molecule has 0 radical (unpaired) electrons. The fourth-order valence-corrected chi connectivity index (χ4v) is 6.96. The van der Waals surface area contributed by atoms with Crippen molar-refractivity contribution in [2.45, 2.75) is 91.9 Å². The summed E-state index contributed by atoms with van der Waals surface area (Å²) in [6.07, 6.45) is 12.8. The maximum absolute atomic E-state index is 5.53. The number of rotatable bonds is 6. The second kappa shape index (κ2) is 8.12. The summed E-state index contributed by atoms with van der Waals surface area (Å²) in [6, 6.07) is 4.87. The summed E-state index contributed by atoms with van der Waals surface area (Å²) >= 11 is 0. The standard InChI is InChI=1S/C28H42O/c1-18(2)19(3)7-8-20(4)26-13-14-27-25-11-9-21-17-22(29-6)10-12-23(21)24(25)15-16-28(26,27)5/h9,11,17-20,26-27H,7-8,10,12-16H2,1-6H3/t19-,20+,26+,27-,28-/m0/s1. The van der Waals surface area contributed by atoms with E-state index in [2.05, 4.69) is 52.8 Å². The first-order chi connectivity index (χ1) is 13.8. The lowest BCUT2D eigenvalue weighted by Crippen LogP contribution is -2.35. The second-order valence-electron chi connectivity index (χ2n) is 11.0. The molecule has 1 nitrogen and oxygen atoms in total. The summed E-state index contributed by atoms with van der Waals surface area (Å²) in [6.45, 7) is 12.4. The molecule has 160 valence electrons. The first-order valence-electron chi connectivity index (χ1n) is 12.2. The van der Waals surface area contributed by atoms with Crippen molar-refractivity contribution in [1.82, 2.24) is 0 Å². The van der Waals surface area contributed by atoms with Gasteiger partial charge in [0.05, 0.1) is 12.9 Å². The van der Waals surface area contributed by atoms with Crippen LogP contribution in [0, 0.1) is 29.1 Å². The van der Waals surface area contributed by atoms with E-state index >= 15 is 0 Å². The van der Waals surface area contributed by atoms with E-state index in [1.165, 1.54) is 44.1 Å². The molecule has 0 amide bonds. The molecule has 0 aromatic heterocycles. The summed E-state index contributed by atoms with van der Waals surface area (Å²) in [5.41, 5.74) is 6.97. The molecule has 1 aromatic rings. The lowest BCUT2D eigenvalue weighted by Gasteiger charge is -2.45. The highest BCUT2D eigenvalue weighted by molar-refractivity contribution is 5.62. The van der Waals surface area contributed by atoms with Gasteiger partial charge in [-0.2, -0.15) is 0 Å². The summed E-state index contributed by atoms with van der Waals surface area (Å²) in [5.74, 6) is 5.34. The minimum absolute atomic E-state index is 0.504. The molecule has 0 heterocycles. The van der Waals surface area contributed by atoms with E-state index in [0.29, 0.717) is 5.41 Å². The average Bonchev–Trinajstić information content (AvgIpc) is 3.08. The van der Waals surface area contributed by atoms with Crippen molar-refractivity contribution in [3.63, 3.8) is 0 Å². The Labute approximate surface area is 179 Å². The summed E-state index contributed by atoms with van der Waals surface area (Å²) in [4.78, 5) is 0. The van der Waals surface area contributed by atoms with Crippen LogP contribution in [0.25, 0.3) is 6.08 Å². The Kier molecular flexibility index (Phi) is 5.88. The van der Waals surface area contributed by atoms with Crippen molar-refractivity contribution in [3.05, 3.63) is 40.1 Å².